The maximum absolute atomic E-state index is 12.6. The molecule has 5 heteroatoms. The zero-order chi connectivity index (χ0) is 17.2. The van der Waals surface area contributed by atoms with Gasteiger partial charge in [0.25, 0.3) is 11.5 Å². The summed E-state index contributed by atoms with van der Waals surface area (Å²) in [4.78, 5) is 29.9. The van der Waals surface area contributed by atoms with Crippen molar-refractivity contribution in [2.75, 3.05) is 0 Å². The monoisotopic (exact) mass is 339 g/mol. The number of fused-ring (bicyclic) bond motifs is 2. The predicted molar refractivity (Wildman–Crippen MR) is 97.9 cm³/mol. The average Bonchev–Trinajstić information content (AvgIpc) is 2.90. The molecule has 0 unspecified atom stereocenters. The fourth-order valence-electron chi connectivity index (χ4n) is 4.08. The summed E-state index contributed by atoms with van der Waals surface area (Å²) in [5.74, 6) is 0.804. The van der Waals surface area contributed by atoms with Crippen LogP contribution in [-0.2, 0) is 13.0 Å². The molecule has 1 aliphatic carbocycles. The first-order chi connectivity index (χ1) is 12.2. The van der Waals surface area contributed by atoms with Gasteiger partial charge in [0.05, 0.1) is 10.9 Å². The highest BCUT2D eigenvalue weighted by molar-refractivity contribution is 5.97. The standard InChI is InChI=1S/C20H25N3O2/c24-19(21-15-7-3-1-2-4-8-15)14-10-11-16-17(13-14)22-18-9-5-6-12-23(18)20(16)25/h10-11,13,15H,1-9,12H2,(H,21,24). The van der Waals surface area contributed by atoms with E-state index in [1.165, 1.54) is 25.7 Å². The number of rotatable bonds is 2. The number of carbonyl (C=O) groups is 1. The molecule has 0 atom stereocenters. The van der Waals surface area contributed by atoms with Crippen LogP contribution in [0.15, 0.2) is 23.0 Å². The molecule has 1 aromatic carbocycles. The van der Waals surface area contributed by atoms with Crippen molar-refractivity contribution in [3.8, 4) is 0 Å². The minimum atomic E-state index is -0.0478. The molecule has 1 saturated carbocycles. The van der Waals surface area contributed by atoms with E-state index in [1.807, 2.05) is 0 Å². The minimum absolute atomic E-state index is 0.0235. The van der Waals surface area contributed by atoms with Crippen molar-refractivity contribution < 1.29 is 4.79 Å². The Labute approximate surface area is 147 Å². The smallest absolute Gasteiger partial charge is 0.261 e. The summed E-state index contributed by atoms with van der Waals surface area (Å²) in [6.45, 7) is 0.751. The van der Waals surface area contributed by atoms with E-state index in [0.29, 0.717) is 16.5 Å². The lowest BCUT2D eigenvalue weighted by molar-refractivity contribution is 0.0933. The Kier molecular flexibility index (Phi) is 4.55. The van der Waals surface area contributed by atoms with E-state index in [2.05, 4.69) is 10.3 Å². The maximum Gasteiger partial charge on any atom is 0.261 e. The van der Waals surface area contributed by atoms with Gasteiger partial charge in [-0.3, -0.25) is 14.2 Å². The molecular formula is C20H25N3O2. The molecule has 0 radical (unpaired) electrons. The van der Waals surface area contributed by atoms with Gasteiger partial charge in [0.2, 0.25) is 0 Å². The SMILES string of the molecule is O=C(NC1CCCCCC1)c1ccc2c(=O)n3c(nc2c1)CCCC3. The Morgan fingerprint density at radius 3 is 2.68 bits per heavy atom. The van der Waals surface area contributed by atoms with Crippen LogP contribution < -0.4 is 10.9 Å². The van der Waals surface area contributed by atoms with Crippen molar-refractivity contribution in [3.05, 3.63) is 39.9 Å². The number of benzene rings is 1. The van der Waals surface area contributed by atoms with Gasteiger partial charge in [-0.15, -0.1) is 0 Å². The van der Waals surface area contributed by atoms with E-state index in [0.717, 1.165) is 44.5 Å². The van der Waals surface area contributed by atoms with E-state index in [-0.39, 0.29) is 17.5 Å². The zero-order valence-electron chi connectivity index (χ0n) is 14.6. The number of amides is 1. The van der Waals surface area contributed by atoms with Gasteiger partial charge in [-0.1, -0.05) is 25.7 Å². The number of nitrogens with zero attached hydrogens (tertiary/aromatic N) is 2. The van der Waals surface area contributed by atoms with Crippen LogP contribution in [0.5, 0.6) is 0 Å². The van der Waals surface area contributed by atoms with Gasteiger partial charge in [0, 0.05) is 24.6 Å². The molecule has 1 amide bonds. The lowest BCUT2D eigenvalue weighted by Gasteiger charge is -2.18. The second-order valence-corrected chi connectivity index (χ2v) is 7.34. The largest absolute Gasteiger partial charge is 0.349 e. The first kappa shape index (κ1) is 16.3. The van der Waals surface area contributed by atoms with E-state index in [4.69, 9.17) is 0 Å². The van der Waals surface area contributed by atoms with Crippen LogP contribution in [0.4, 0.5) is 0 Å². The first-order valence-corrected chi connectivity index (χ1v) is 9.57. The van der Waals surface area contributed by atoms with E-state index >= 15 is 0 Å². The van der Waals surface area contributed by atoms with Gasteiger partial charge in [-0.05, 0) is 43.9 Å². The lowest BCUT2D eigenvalue weighted by Crippen LogP contribution is -2.34. The number of aromatic nitrogens is 2. The molecule has 132 valence electrons. The van der Waals surface area contributed by atoms with Gasteiger partial charge in [-0.25, -0.2) is 4.98 Å². The Balaban J connectivity index is 1.62. The summed E-state index contributed by atoms with van der Waals surface area (Å²) >= 11 is 0. The summed E-state index contributed by atoms with van der Waals surface area (Å²) < 4.78 is 1.79. The fraction of sp³-hybridized carbons (Fsp3) is 0.550. The number of aryl methyl sites for hydroxylation is 1. The molecule has 2 aliphatic rings. The number of hydrogen-bond donors (Lipinski definition) is 1. The quantitative estimate of drug-likeness (QED) is 0.855. The predicted octanol–water partition coefficient (Wildman–Crippen LogP) is 3.19. The number of hydrogen-bond acceptors (Lipinski definition) is 3. The van der Waals surface area contributed by atoms with Crippen molar-refractivity contribution in [1.82, 2.24) is 14.9 Å². The highest BCUT2D eigenvalue weighted by atomic mass is 16.1. The van der Waals surface area contributed by atoms with Crippen LogP contribution in [0.1, 0.15) is 67.5 Å². The van der Waals surface area contributed by atoms with Crippen molar-refractivity contribution in [2.45, 2.75) is 70.4 Å². The summed E-state index contributed by atoms with van der Waals surface area (Å²) in [6, 6.07) is 5.56. The molecule has 0 bridgehead atoms. The second kappa shape index (κ2) is 6.98. The van der Waals surface area contributed by atoms with Gasteiger partial charge in [-0.2, -0.15) is 0 Å². The number of carbonyl (C=O) groups excluding carboxylic acids is 1. The van der Waals surface area contributed by atoms with Gasteiger partial charge in [0.15, 0.2) is 0 Å². The normalized spacial score (nSPS) is 18.6. The molecule has 1 fully saturated rings. The third-order valence-corrected chi connectivity index (χ3v) is 5.52. The molecular weight excluding hydrogens is 314 g/mol. The van der Waals surface area contributed by atoms with Crippen molar-refractivity contribution in [3.63, 3.8) is 0 Å². The third-order valence-electron chi connectivity index (χ3n) is 5.52. The minimum Gasteiger partial charge on any atom is -0.349 e. The molecule has 2 aromatic rings. The molecule has 1 N–H and O–H groups in total. The molecule has 0 spiro atoms. The molecule has 0 saturated heterocycles. The van der Waals surface area contributed by atoms with E-state index in [9.17, 15) is 9.59 Å². The van der Waals surface area contributed by atoms with Crippen LogP contribution >= 0.6 is 0 Å². The molecule has 1 aromatic heterocycles. The molecule has 25 heavy (non-hydrogen) atoms. The van der Waals surface area contributed by atoms with Crippen LogP contribution in [0.2, 0.25) is 0 Å². The second-order valence-electron chi connectivity index (χ2n) is 7.34. The Morgan fingerprint density at radius 2 is 1.88 bits per heavy atom. The highest BCUT2D eigenvalue weighted by Crippen LogP contribution is 2.19. The number of nitrogens with one attached hydrogen (secondary N) is 1. The van der Waals surface area contributed by atoms with Crippen molar-refractivity contribution in [2.24, 2.45) is 0 Å². The topological polar surface area (TPSA) is 64.0 Å². The average molecular weight is 339 g/mol. The fourth-order valence-corrected chi connectivity index (χ4v) is 4.08. The lowest BCUT2D eigenvalue weighted by atomic mass is 10.1. The van der Waals surface area contributed by atoms with Gasteiger partial charge >= 0.3 is 0 Å². The van der Waals surface area contributed by atoms with Crippen LogP contribution in [0.25, 0.3) is 10.9 Å². The summed E-state index contributed by atoms with van der Waals surface area (Å²) in [7, 11) is 0. The highest BCUT2D eigenvalue weighted by Gasteiger charge is 2.18. The maximum atomic E-state index is 12.6. The third kappa shape index (κ3) is 3.32. The molecule has 5 nitrogen and oxygen atoms in total. The van der Waals surface area contributed by atoms with E-state index in [1.54, 1.807) is 22.8 Å². The van der Waals surface area contributed by atoms with Gasteiger partial charge < -0.3 is 5.32 Å². The molecule has 4 rings (SSSR count). The van der Waals surface area contributed by atoms with Crippen molar-refractivity contribution in [1.29, 1.82) is 0 Å². The Bertz CT molecular complexity index is 848. The Morgan fingerprint density at radius 1 is 1.08 bits per heavy atom. The van der Waals surface area contributed by atoms with Gasteiger partial charge in [0.1, 0.15) is 5.82 Å². The summed E-state index contributed by atoms with van der Waals surface area (Å²) in [5.41, 5.74) is 1.27. The summed E-state index contributed by atoms with van der Waals surface area (Å²) in [6.07, 6.45) is 9.97. The molecule has 2 heterocycles. The van der Waals surface area contributed by atoms with Crippen LogP contribution in [-0.4, -0.2) is 21.5 Å². The Hall–Kier alpha value is -2.17. The first-order valence-electron chi connectivity index (χ1n) is 9.57. The summed E-state index contributed by atoms with van der Waals surface area (Å²) in [5, 5.41) is 3.77. The van der Waals surface area contributed by atoms with E-state index < -0.39 is 0 Å². The van der Waals surface area contributed by atoms with Crippen LogP contribution in [0, 0.1) is 0 Å². The van der Waals surface area contributed by atoms with Crippen LogP contribution in [0.3, 0.4) is 0 Å². The van der Waals surface area contributed by atoms with Crippen molar-refractivity contribution >= 4 is 16.8 Å². The molecule has 1 aliphatic heterocycles. The zero-order valence-corrected chi connectivity index (χ0v) is 14.6.